The average molecular weight is 418 g/mol. The minimum absolute atomic E-state index is 0.0754. The lowest BCUT2D eigenvalue weighted by Crippen LogP contribution is -2.32. The summed E-state index contributed by atoms with van der Waals surface area (Å²) in [6.45, 7) is 1.64. The standard InChI is InChI=1S/C20H17Cl2N3O3/c21-13-3-4-15-16-5-6-25(10-18(16)23-17(15)8-13)19-9-14(22)2-1-12(19)7-20(27)24-28-11-26/h1-4,8-9,11,23H,5-7,10H2,(H,24,27). The lowest BCUT2D eigenvalue weighted by molar-refractivity contribution is -0.146. The maximum Gasteiger partial charge on any atom is 0.320 e. The van der Waals surface area contributed by atoms with Crippen molar-refractivity contribution in [1.29, 1.82) is 0 Å². The van der Waals surface area contributed by atoms with E-state index in [2.05, 4.69) is 20.2 Å². The molecule has 28 heavy (non-hydrogen) atoms. The van der Waals surface area contributed by atoms with Gasteiger partial charge in [0.05, 0.1) is 13.0 Å². The van der Waals surface area contributed by atoms with Crippen LogP contribution < -0.4 is 10.4 Å². The molecular formula is C20H17Cl2N3O3. The molecule has 2 heterocycles. The number of nitrogens with one attached hydrogen (secondary N) is 2. The molecule has 0 saturated heterocycles. The van der Waals surface area contributed by atoms with Crippen LogP contribution in [0.25, 0.3) is 10.9 Å². The number of hydroxylamine groups is 1. The summed E-state index contributed by atoms with van der Waals surface area (Å²) in [4.78, 5) is 32.2. The molecule has 3 aromatic rings. The largest absolute Gasteiger partial charge is 0.365 e. The highest BCUT2D eigenvalue weighted by atomic mass is 35.5. The zero-order valence-electron chi connectivity index (χ0n) is 14.8. The van der Waals surface area contributed by atoms with Crippen LogP contribution >= 0.6 is 23.2 Å². The monoisotopic (exact) mass is 417 g/mol. The molecule has 0 radical (unpaired) electrons. The van der Waals surface area contributed by atoms with Crippen LogP contribution in [0.2, 0.25) is 10.0 Å². The number of fused-ring (bicyclic) bond motifs is 3. The van der Waals surface area contributed by atoms with Gasteiger partial charge in [-0.3, -0.25) is 9.59 Å². The van der Waals surface area contributed by atoms with E-state index in [0.717, 1.165) is 35.4 Å². The van der Waals surface area contributed by atoms with Crippen molar-refractivity contribution in [1.82, 2.24) is 10.5 Å². The van der Waals surface area contributed by atoms with Gasteiger partial charge in [0.25, 0.3) is 5.91 Å². The fourth-order valence-corrected chi connectivity index (χ4v) is 4.04. The van der Waals surface area contributed by atoms with E-state index in [9.17, 15) is 9.59 Å². The van der Waals surface area contributed by atoms with Crippen molar-refractivity contribution in [2.24, 2.45) is 0 Å². The second-order valence-corrected chi connectivity index (χ2v) is 7.51. The van der Waals surface area contributed by atoms with Crippen molar-refractivity contribution < 1.29 is 14.4 Å². The number of carbonyl (C=O) groups is 2. The zero-order valence-corrected chi connectivity index (χ0v) is 16.3. The number of nitrogens with zero attached hydrogens (tertiary/aromatic N) is 1. The zero-order chi connectivity index (χ0) is 19.7. The minimum Gasteiger partial charge on any atom is -0.365 e. The Balaban J connectivity index is 1.63. The molecule has 1 aromatic heterocycles. The topological polar surface area (TPSA) is 74.4 Å². The quantitative estimate of drug-likeness (QED) is 0.489. The van der Waals surface area contributed by atoms with E-state index in [4.69, 9.17) is 23.2 Å². The Labute approximate surface area is 171 Å². The Morgan fingerprint density at radius 1 is 1.21 bits per heavy atom. The second-order valence-electron chi connectivity index (χ2n) is 6.63. The molecule has 0 aliphatic carbocycles. The lowest BCUT2D eigenvalue weighted by atomic mass is 10.0. The van der Waals surface area contributed by atoms with E-state index in [0.29, 0.717) is 16.6 Å². The maximum atomic E-state index is 12.0. The first-order valence-corrected chi connectivity index (χ1v) is 9.51. The summed E-state index contributed by atoms with van der Waals surface area (Å²) in [5.41, 5.74) is 7.22. The predicted octanol–water partition coefficient (Wildman–Crippen LogP) is 3.78. The van der Waals surface area contributed by atoms with Crippen LogP contribution in [0.5, 0.6) is 0 Å². The molecule has 2 N–H and O–H groups in total. The molecule has 1 amide bonds. The molecule has 1 aliphatic heterocycles. The summed E-state index contributed by atoms with van der Waals surface area (Å²) in [6.07, 6.45) is 0.940. The Morgan fingerprint density at radius 3 is 2.82 bits per heavy atom. The number of carbonyl (C=O) groups excluding carboxylic acids is 2. The molecule has 1 aliphatic rings. The molecule has 0 saturated carbocycles. The number of rotatable bonds is 5. The second kappa shape index (κ2) is 7.73. The molecule has 0 atom stereocenters. The molecule has 2 aromatic carbocycles. The van der Waals surface area contributed by atoms with E-state index >= 15 is 0 Å². The molecular weight excluding hydrogens is 401 g/mol. The number of amides is 1. The molecule has 144 valence electrons. The number of halogens is 2. The number of hydrogen-bond acceptors (Lipinski definition) is 4. The van der Waals surface area contributed by atoms with Gasteiger partial charge in [-0.05, 0) is 41.8 Å². The van der Waals surface area contributed by atoms with Crippen LogP contribution in [0.3, 0.4) is 0 Å². The van der Waals surface area contributed by atoms with Gasteiger partial charge < -0.3 is 14.7 Å². The van der Waals surface area contributed by atoms with Gasteiger partial charge in [-0.1, -0.05) is 35.3 Å². The first-order chi connectivity index (χ1) is 13.5. The van der Waals surface area contributed by atoms with Gasteiger partial charge in [0.1, 0.15) is 0 Å². The van der Waals surface area contributed by atoms with Gasteiger partial charge in [-0.2, -0.15) is 5.48 Å². The summed E-state index contributed by atoms with van der Waals surface area (Å²) in [7, 11) is 0. The van der Waals surface area contributed by atoms with E-state index < -0.39 is 5.91 Å². The SMILES string of the molecule is O=CONC(=O)Cc1ccc(Cl)cc1N1CCc2c([nH]c3cc(Cl)ccc23)C1. The van der Waals surface area contributed by atoms with Crippen LogP contribution in [0, 0.1) is 0 Å². The highest BCUT2D eigenvalue weighted by Gasteiger charge is 2.23. The van der Waals surface area contributed by atoms with Crippen LogP contribution in [0.4, 0.5) is 5.69 Å². The number of aromatic amines is 1. The number of aromatic nitrogens is 1. The van der Waals surface area contributed by atoms with E-state index in [-0.39, 0.29) is 12.9 Å². The van der Waals surface area contributed by atoms with Crippen LogP contribution in [-0.2, 0) is 33.8 Å². The molecule has 8 heteroatoms. The molecule has 0 fully saturated rings. The minimum atomic E-state index is -0.409. The fourth-order valence-electron chi connectivity index (χ4n) is 3.71. The highest BCUT2D eigenvalue weighted by molar-refractivity contribution is 6.31. The van der Waals surface area contributed by atoms with Gasteiger partial charge in [0.15, 0.2) is 0 Å². The van der Waals surface area contributed by atoms with Crippen molar-refractivity contribution >= 4 is 52.2 Å². The maximum absolute atomic E-state index is 12.0. The summed E-state index contributed by atoms with van der Waals surface area (Å²) >= 11 is 12.3. The van der Waals surface area contributed by atoms with E-state index in [1.807, 2.05) is 30.3 Å². The number of hydrogen-bond donors (Lipinski definition) is 2. The van der Waals surface area contributed by atoms with Gasteiger partial charge in [-0.25, -0.2) is 0 Å². The number of H-pyrrole nitrogens is 1. The van der Waals surface area contributed by atoms with Crippen molar-refractivity contribution in [3.05, 3.63) is 63.3 Å². The van der Waals surface area contributed by atoms with Gasteiger partial charge in [0, 0.05) is 38.9 Å². The van der Waals surface area contributed by atoms with Crippen molar-refractivity contribution in [3.63, 3.8) is 0 Å². The first-order valence-electron chi connectivity index (χ1n) is 8.75. The van der Waals surface area contributed by atoms with Gasteiger partial charge in [0.2, 0.25) is 0 Å². The summed E-state index contributed by atoms with van der Waals surface area (Å²) < 4.78 is 0. The Hall–Kier alpha value is -2.70. The average Bonchev–Trinajstić information content (AvgIpc) is 3.04. The highest BCUT2D eigenvalue weighted by Crippen LogP contribution is 2.33. The lowest BCUT2D eigenvalue weighted by Gasteiger charge is -2.31. The molecule has 0 spiro atoms. The van der Waals surface area contributed by atoms with E-state index in [1.54, 1.807) is 6.07 Å². The summed E-state index contributed by atoms with van der Waals surface area (Å²) in [6, 6.07) is 11.3. The molecule has 4 rings (SSSR count). The molecule has 6 nitrogen and oxygen atoms in total. The summed E-state index contributed by atoms with van der Waals surface area (Å²) in [5.74, 6) is -0.409. The predicted molar refractivity (Wildman–Crippen MR) is 109 cm³/mol. The van der Waals surface area contributed by atoms with Gasteiger partial charge in [-0.15, -0.1) is 0 Å². The number of anilines is 1. The molecule has 0 bridgehead atoms. The number of benzene rings is 2. The normalized spacial score (nSPS) is 13.3. The van der Waals surface area contributed by atoms with Crippen LogP contribution in [-0.4, -0.2) is 23.9 Å². The Morgan fingerprint density at radius 2 is 2.00 bits per heavy atom. The van der Waals surface area contributed by atoms with Crippen LogP contribution in [0.1, 0.15) is 16.8 Å². The Bertz CT molecular complexity index is 1060. The van der Waals surface area contributed by atoms with Crippen molar-refractivity contribution in [3.8, 4) is 0 Å². The first kappa shape index (κ1) is 18.7. The Kier molecular flexibility index (Phi) is 5.15. The summed E-state index contributed by atoms with van der Waals surface area (Å²) in [5, 5.41) is 2.48. The third kappa shape index (κ3) is 3.66. The van der Waals surface area contributed by atoms with Crippen LogP contribution in [0.15, 0.2) is 36.4 Å². The van der Waals surface area contributed by atoms with E-state index in [1.165, 1.54) is 10.9 Å². The molecule has 0 unspecified atom stereocenters. The third-order valence-electron chi connectivity index (χ3n) is 4.90. The van der Waals surface area contributed by atoms with Gasteiger partial charge >= 0.3 is 6.47 Å². The third-order valence-corrected chi connectivity index (χ3v) is 5.37. The fraction of sp³-hybridized carbons (Fsp3) is 0.200. The smallest absolute Gasteiger partial charge is 0.320 e. The van der Waals surface area contributed by atoms with Crippen molar-refractivity contribution in [2.45, 2.75) is 19.4 Å². The van der Waals surface area contributed by atoms with Crippen molar-refractivity contribution in [2.75, 3.05) is 11.4 Å².